The molecule has 0 saturated carbocycles. The minimum absolute atomic E-state index is 0.0159. The molecule has 0 aromatic carbocycles. The Hall–Kier alpha value is -1.96. The zero-order valence-electron chi connectivity index (χ0n) is 21.0. The molecule has 8 heteroatoms. The van der Waals surface area contributed by atoms with E-state index in [-0.39, 0.29) is 6.42 Å². The van der Waals surface area contributed by atoms with E-state index in [1.165, 1.54) is 51.4 Å². The van der Waals surface area contributed by atoms with Gasteiger partial charge in [0.05, 0.1) is 27.8 Å². The summed E-state index contributed by atoms with van der Waals surface area (Å²) in [6, 6.07) is 0. The van der Waals surface area contributed by atoms with Crippen LogP contribution < -0.4 is 0 Å². The molecule has 0 fully saturated rings. The molecular formula is C25H44O8. The summed E-state index contributed by atoms with van der Waals surface area (Å²) in [6.07, 6.45) is 14.0. The third-order valence-electron chi connectivity index (χ3n) is 5.94. The van der Waals surface area contributed by atoms with Crippen molar-refractivity contribution in [3.05, 3.63) is 0 Å². The molecular weight excluding hydrogens is 428 g/mol. The summed E-state index contributed by atoms with van der Waals surface area (Å²) in [5.41, 5.74) is -2.68. The van der Waals surface area contributed by atoms with Crippen LogP contribution in [0.4, 0.5) is 0 Å². The van der Waals surface area contributed by atoms with Crippen LogP contribution in [0.25, 0.3) is 0 Å². The van der Waals surface area contributed by atoms with Gasteiger partial charge in [-0.15, -0.1) is 0 Å². The lowest BCUT2D eigenvalue weighted by Crippen LogP contribution is -2.54. The molecule has 0 aromatic rings. The molecule has 8 nitrogen and oxygen atoms in total. The van der Waals surface area contributed by atoms with Crippen LogP contribution in [-0.4, -0.2) is 55.7 Å². The summed E-state index contributed by atoms with van der Waals surface area (Å²) in [5.74, 6) is -5.83. The number of Topliss-reactive ketones (excluding diaryl/α,β-unsaturated/α-hetero) is 1. The van der Waals surface area contributed by atoms with Gasteiger partial charge < -0.3 is 19.3 Å². The summed E-state index contributed by atoms with van der Waals surface area (Å²) < 4.78 is 13.7. The van der Waals surface area contributed by atoms with Gasteiger partial charge in [0.2, 0.25) is 0 Å². The Bertz CT molecular complexity index is 589. The van der Waals surface area contributed by atoms with E-state index >= 15 is 0 Å². The minimum Gasteiger partial charge on any atom is -0.469 e. The molecule has 0 aliphatic rings. The van der Waals surface area contributed by atoms with E-state index in [9.17, 15) is 24.3 Å². The van der Waals surface area contributed by atoms with Crippen LogP contribution in [0.5, 0.6) is 0 Å². The monoisotopic (exact) mass is 472 g/mol. The first kappa shape index (κ1) is 31.0. The maximum atomic E-state index is 12.8. The highest BCUT2D eigenvalue weighted by atomic mass is 16.6. The zero-order valence-corrected chi connectivity index (χ0v) is 21.0. The van der Waals surface area contributed by atoms with E-state index in [2.05, 4.69) is 21.1 Å². The maximum absolute atomic E-state index is 12.8. The van der Waals surface area contributed by atoms with Crippen LogP contribution in [0.1, 0.15) is 103 Å². The molecule has 0 heterocycles. The number of esters is 3. The van der Waals surface area contributed by atoms with Crippen molar-refractivity contribution in [1.82, 2.24) is 0 Å². The molecule has 33 heavy (non-hydrogen) atoms. The maximum Gasteiger partial charge on any atom is 0.339 e. The van der Waals surface area contributed by atoms with E-state index < -0.39 is 41.6 Å². The Labute approximate surface area is 198 Å². The van der Waals surface area contributed by atoms with Crippen molar-refractivity contribution in [3.8, 4) is 0 Å². The second-order valence-electron chi connectivity index (χ2n) is 8.58. The molecule has 2 atom stereocenters. The second-order valence-corrected chi connectivity index (χ2v) is 8.58. The van der Waals surface area contributed by atoms with Crippen LogP contribution in [0.2, 0.25) is 0 Å². The van der Waals surface area contributed by atoms with Gasteiger partial charge in [-0.3, -0.25) is 14.4 Å². The number of ether oxygens (including phenoxy) is 3. The van der Waals surface area contributed by atoms with Crippen molar-refractivity contribution < 1.29 is 38.5 Å². The van der Waals surface area contributed by atoms with Gasteiger partial charge in [0, 0.05) is 6.42 Å². The summed E-state index contributed by atoms with van der Waals surface area (Å²) in [7, 11) is 3.11. The quantitative estimate of drug-likeness (QED) is 0.121. The number of hydrogen-bond donors (Lipinski definition) is 1. The normalized spacial score (nSPS) is 13.6. The number of methoxy groups -OCH3 is 3. The molecule has 0 rings (SSSR count). The lowest BCUT2D eigenvalue weighted by molar-refractivity contribution is -0.184. The van der Waals surface area contributed by atoms with Gasteiger partial charge in [-0.25, -0.2) is 4.79 Å². The van der Waals surface area contributed by atoms with Crippen molar-refractivity contribution in [3.63, 3.8) is 0 Å². The number of ketones is 1. The van der Waals surface area contributed by atoms with Crippen molar-refractivity contribution in [2.75, 3.05) is 21.3 Å². The number of hydrogen-bond acceptors (Lipinski definition) is 8. The van der Waals surface area contributed by atoms with Gasteiger partial charge in [0.15, 0.2) is 17.3 Å². The fourth-order valence-electron chi connectivity index (χ4n) is 3.93. The van der Waals surface area contributed by atoms with E-state index in [4.69, 9.17) is 0 Å². The predicted molar refractivity (Wildman–Crippen MR) is 124 cm³/mol. The van der Waals surface area contributed by atoms with Crippen LogP contribution in [0, 0.1) is 5.92 Å². The number of rotatable bonds is 20. The Morgan fingerprint density at radius 1 is 0.697 bits per heavy atom. The van der Waals surface area contributed by atoms with Crippen LogP contribution in [-0.2, 0) is 33.4 Å². The average Bonchev–Trinajstić information content (AvgIpc) is 2.81. The second kappa shape index (κ2) is 18.5. The summed E-state index contributed by atoms with van der Waals surface area (Å²) in [5, 5.41) is 10.8. The van der Waals surface area contributed by atoms with E-state index in [0.29, 0.717) is 6.42 Å². The number of unbranched alkanes of at least 4 members (excludes halogenated alkanes) is 12. The van der Waals surface area contributed by atoms with Gasteiger partial charge in [-0.05, 0) is 6.42 Å². The number of carbonyl (C=O) groups excluding carboxylic acids is 4. The molecule has 0 bridgehead atoms. The Morgan fingerprint density at radius 2 is 1.15 bits per heavy atom. The summed E-state index contributed by atoms with van der Waals surface area (Å²) in [6.45, 7) is 2.22. The molecule has 1 N–H and O–H groups in total. The summed E-state index contributed by atoms with van der Waals surface area (Å²) in [4.78, 5) is 48.9. The highest BCUT2D eigenvalue weighted by molar-refractivity contribution is 6.06. The number of carbonyl (C=O) groups is 4. The third-order valence-corrected chi connectivity index (χ3v) is 5.94. The smallest absolute Gasteiger partial charge is 0.339 e. The van der Waals surface area contributed by atoms with E-state index in [1.807, 2.05) is 0 Å². The molecule has 0 amide bonds. The fourth-order valence-corrected chi connectivity index (χ4v) is 3.93. The van der Waals surface area contributed by atoms with Gasteiger partial charge in [0.1, 0.15) is 0 Å². The molecule has 0 radical (unpaired) electrons. The van der Waals surface area contributed by atoms with Gasteiger partial charge >= 0.3 is 17.9 Å². The highest BCUT2D eigenvalue weighted by Crippen LogP contribution is 2.28. The van der Waals surface area contributed by atoms with Crippen LogP contribution in [0.3, 0.4) is 0 Å². The van der Waals surface area contributed by atoms with Crippen molar-refractivity contribution in [1.29, 1.82) is 0 Å². The SMILES string of the molecule is CCCCCCCCCCCCCCCC(=O)C(C(=O)OC)C(O)(CC(=O)OC)C(=O)OC. The highest BCUT2D eigenvalue weighted by Gasteiger charge is 2.54. The van der Waals surface area contributed by atoms with Gasteiger partial charge in [-0.1, -0.05) is 84.0 Å². The molecule has 192 valence electrons. The van der Waals surface area contributed by atoms with Crippen molar-refractivity contribution in [2.45, 2.75) is 109 Å². The van der Waals surface area contributed by atoms with Gasteiger partial charge in [-0.2, -0.15) is 0 Å². The minimum atomic E-state index is -2.68. The topological polar surface area (TPSA) is 116 Å². The first-order chi connectivity index (χ1) is 15.8. The Morgan fingerprint density at radius 3 is 1.55 bits per heavy atom. The molecule has 0 spiro atoms. The Balaban J connectivity index is 4.48. The average molecular weight is 473 g/mol. The molecule has 2 unspecified atom stereocenters. The molecule has 0 aliphatic heterocycles. The largest absolute Gasteiger partial charge is 0.469 e. The third kappa shape index (κ3) is 12.2. The van der Waals surface area contributed by atoms with E-state index in [1.54, 1.807) is 0 Å². The Kier molecular flexibility index (Phi) is 17.4. The van der Waals surface area contributed by atoms with Gasteiger partial charge in [0.25, 0.3) is 0 Å². The molecule has 0 aliphatic carbocycles. The van der Waals surface area contributed by atoms with Crippen LogP contribution >= 0.6 is 0 Å². The lowest BCUT2D eigenvalue weighted by atomic mass is 9.80. The lowest BCUT2D eigenvalue weighted by Gasteiger charge is -2.30. The zero-order chi connectivity index (χ0) is 25.1. The van der Waals surface area contributed by atoms with E-state index in [0.717, 1.165) is 47.0 Å². The molecule has 0 saturated heterocycles. The van der Waals surface area contributed by atoms with Crippen LogP contribution in [0.15, 0.2) is 0 Å². The van der Waals surface area contributed by atoms with Crippen molar-refractivity contribution >= 4 is 23.7 Å². The predicted octanol–water partition coefficient (Wildman–Crippen LogP) is 4.29. The summed E-state index contributed by atoms with van der Waals surface area (Å²) >= 11 is 0. The first-order valence-corrected chi connectivity index (χ1v) is 12.3. The molecule has 0 aromatic heterocycles. The number of aliphatic hydroxyl groups is 1. The fraction of sp³-hybridized carbons (Fsp3) is 0.840. The standard InChI is InChI=1S/C25H44O8/c1-5-6-7-8-9-10-11-12-13-14-15-16-17-18-20(26)22(23(28)32-3)25(30,24(29)33-4)19-21(27)31-2/h22,30H,5-19H2,1-4H3. The van der Waals surface area contributed by atoms with Crippen molar-refractivity contribution in [2.24, 2.45) is 5.92 Å². The first-order valence-electron chi connectivity index (χ1n) is 12.3.